The number of rotatable bonds is 0. The van der Waals surface area contributed by atoms with Gasteiger partial charge in [-0.1, -0.05) is 0 Å². The molecule has 2 rings (SSSR count). The smallest absolute Gasteiger partial charge is 0.0776 e. The minimum atomic E-state index is 0.916. The fourth-order valence-corrected chi connectivity index (χ4v) is 1.53. The highest BCUT2D eigenvalue weighted by Gasteiger charge is 2.05. The summed E-state index contributed by atoms with van der Waals surface area (Å²) in [5.41, 5.74) is 2.45. The quantitative estimate of drug-likeness (QED) is 0.498. The summed E-state index contributed by atoms with van der Waals surface area (Å²) in [6.45, 7) is 0. The molecule has 2 heterocycles. The summed E-state index contributed by atoms with van der Waals surface area (Å²) in [5.74, 6) is 0. The topological polar surface area (TPSA) is 12.4 Å². The van der Waals surface area contributed by atoms with E-state index < -0.39 is 0 Å². The van der Waals surface area contributed by atoms with Gasteiger partial charge in [-0.3, -0.25) is 4.99 Å². The Morgan fingerprint density at radius 1 is 1.62 bits per heavy atom. The highest BCUT2D eigenvalue weighted by Crippen LogP contribution is 2.27. The van der Waals surface area contributed by atoms with Crippen molar-refractivity contribution in [1.29, 1.82) is 0 Å². The predicted molar refractivity (Wildman–Crippen MR) is 35.1 cm³/mol. The van der Waals surface area contributed by atoms with Crippen LogP contribution in [0.25, 0.3) is 0 Å². The fraction of sp³-hybridized carbons (Fsp3) is 0.167. The van der Waals surface area contributed by atoms with Crippen molar-refractivity contribution in [2.75, 3.05) is 0 Å². The molecule has 0 atom stereocenters. The molecule has 1 radical (unpaired) electrons. The summed E-state index contributed by atoms with van der Waals surface area (Å²) in [4.78, 5) is 4.02. The third-order valence-electron chi connectivity index (χ3n) is 1.19. The maximum atomic E-state index is 4.02. The monoisotopic (exact) mass is 122 g/mol. The fourth-order valence-electron chi connectivity index (χ4n) is 0.757. The number of hydrogen-bond donors (Lipinski definition) is 0. The average Bonchev–Trinajstić information content (AvgIpc) is 2.15. The number of hydrogen-bond acceptors (Lipinski definition) is 2. The van der Waals surface area contributed by atoms with Crippen LogP contribution >= 0.6 is 11.3 Å². The average molecular weight is 122 g/mol. The van der Waals surface area contributed by atoms with Gasteiger partial charge in [0.1, 0.15) is 0 Å². The van der Waals surface area contributed by atoms with Crippen LogP contribution in [-0.2, 0) is 6.42 Å². The van der Waals surface area contributed by atoms with Crippen LogP contribution in [-0.4, -0.2) is 6.21 Å². The second-order valence-electron chi connectivity index (χ2n) is 1.73. The normalized spacial score (nSPS) is 14.5. The molecule has 0 unspecified atom stereocenters. The van der Waals surface area contributed by atoms with E-state index in [1.165, 1.54) is 5.56 Å². The highest BCUT2D eigenvalue weighted by molar-refractivity contribution is 7.08. The van der Waals surface area contributed by atoms with Crippen molar-refractivity contribution in [3.05, 3.63) is 16.3 Å². The molecule has 0 saturated carbocycles. The first kappa shape index (κ1) is 4.27. The van der Waals surface area contributed by atoms with Gasteiger partial charge in [0.25, 0.3) is 0 Å². The van der Waals surface area contributed by atoms with Gasteiger partial charge in [0.2, 0.25) is 0 Å². The Labute approximate surface area is 51.7 Å². The Balaban J connectivity index is 2.67. The van der Waals surface area contributed by atoms with E-state index in [2.05, 4.69) is 22.0 Å². The number of aliphatic imine (C=N–C) groups is 1. The summed E-state index contributed by atoms with van der Waals surface area (Å²) >= 11 is 1.71. The van der Waals surface area contributed by atoms with Crippen LogP contribution in [0.2, 0.25) is 0 Å². The van der Waals surface area contributed by atoms with E-state index in [4.69, 9.17) is 0 Å². The SMILES string of the molecule is [C]1=Nc2cscc2C1. The molecule has 8 heavy (non-hydrogen) atoms. The molecule has 0 saturated heterocycles. The van der Waals surface area contributed by atoms with Crippen LogP contribution < -0.4 is 0 Å². The van der Waals surface area contributed by atoms with E-state index in [0.29, 0.717) is 0 Å². The van der Waals surface area contributed by atoms with Crippen molar-refractivity contribution >= 4 is 23.2 Å². The van der Waals surface area contributed by atoms with Crippen LogP contribution in [0.5, 0.6) is 0 Å². The molecule has 2 heteroatoms. The molecule has 0 bridgehead atoms. The van der Waals surface area contributed by atoms with Gasteiger partial charge in [0.15, 0.2) is 0 Å². The molecule has 1 aliphatic heterocycles. The van der Waals surface area contributed by atoms with Crippen LogP contribution in [0.15, 0.2) is 15.8 Å². The minimum Gasteiger partial charge on any atom is -0.250 e. The zero-order valence-corrected chi connectivity index (χ0v) is 5.03. The Kier molecular flexibility index (Phi) is 0.758. The first-order valence-corrected chi connectivity index (χ1v) is 3.40. The van der Waals surface area contributed by atoms with Crippen molar-refractivity contribution in [3.8, 4) is 0 Å². The van der Waals surface area contributed by atoms with E-state index in [-0.39, 0.29) is 0 Å². The molecule has 1 aromatic rings. The molecule has 1 nitrogen and oxygen atoms in total. The molecule has 0 spiro atoms. The van der Waals surface area contributed by atoms with Crippen molar-refractivity contribution in [1.82, 2.24) is 0 Å². The molecular formula is C6H4NS. The summed E-state index contributed by atoms with van der Waals surface area (Å²) in [6, 6.07) is 0. The first-order chi connectivity index (χ1) is 3.97. The molecule has 39 valence electrons. The Morgan fingerprint density at radius 2 is 2.62 bits per heavy atom. The summed E-state index contributed by atoms with van der Waals surface area (Å²) in [7, 11) is 0. The van der Waals surface area contributed by atoms with Crippen molar-refractivity contribution in [3.63, 3.8) is 0 Å². The van der Waals surface area contributed by atoms with Crippen LogP contribution in [0, 0.1) is 0 Å². The van der Waals surface area contributed by atoms with Gasteiger partial charge >= 0.3 is 0 Å². The van der Waals surface area contributed by atoms with Crippen LogP contribution in [0.4, 0.5) is 5.69 Å². The van der Waals surface area contributed by atoms with Gasteiger partial charge in [0.05, 0.1) is 11.9 Å². The van der Waals surface area contributed by atoms with E-state index in [1.807, 2.05) is 0 Å². The molecule has 0 N–H and O–H groups in total. The van der Waals surface area contributed by atoms with Crippen molar-refractivity contribution in [2.45, 2.75) is 6.42 Å². The summed E-state index contributed by atoms with van der Waals surface area (Å²) < 4.78 is 0. The van der Waals surface area contributed by atoms with Gasteiger partial charge in [-0.15, -0.1) is 11.3 Å². The molecule has 0 fully saturated rings. The Bertz CT molecular complexity index is 224. The van der Waals surface area contributed by atoms with E-state index in [9.17, 15) is 0 Å². The lowest BCUT2D eigenvalue weighted by Crippen LogP contribution is -1.70. The first-order valence-electron chi connectivity index (χ1n) is 2.45. The Hall–Kier alpha value is -0.630. The second-order valence-corrected chi connectivity index (χ2v) is 2.47. The lowest BCUT2D eigenvalue weighted by atomic mass is 10.3. The van der Waals surface area contributed by atoms with E-state index >= 15 is 0 Å². The molecule has 0 aromatic carbocycles. The standard InChI is InChI=1S/C6H4NS/c1-2-7-6-4-8-3-5(1)6/h3-4H,1H2. The molecule has 0 amide bonds. The molecule has 1 aliphatic rings. The van der Waals surface area contributed by atoms with Crippen LogP contribution in [0.3, 0.4) is 0 Å². The number of nitrogens with zero attached hydrogens (tertiary/aromatic N) is 1. The largest absolute Gasteiger partial charge is 0.250 e. The Morgan fingerprint density at radius 3 is 3.50 bits per heavy atom. The van der Waals surface area contributed by atoms with Gasteiger partial charge in [-0.05, 0) is 10.9 Å². The van der Waals surface area contributed by atoms with Gasteiger partial charge < -0.3 is 0 Å². The summed E-state index contributed by atoms with van der Waals surface area (Å²) in [5, 5.41) is 4.17. The second kappa shape index (κ2) is 1.42. The zero-order chi connectivity index (χ0) is 5.40. The third-order valence-corrected chi connectivity index (χ3v) is 1.97. The van der Waals surface area contributed by atoms with Gasteiger partial charge in [-0.2, -0.15) is 0 Å². The van der Waals surface area contributed by atoms with Crippen molar-refractivity contribution < 1.29 is 0 Å². The van der Waals surface area contributed by atoms with Crippen molar-refractivity contribution in [2.24, 2.45) is 4.99 Å². The van der Waals surface area contributed by atoms with Crippen LogP contribution in [0.1, 0.15) is 5.56 Å². The van der Waals surface area contributed by atoms with Gasteiger partial charge in [-0.25, -0.2) is 0 Å². The maximum absolute atomic E-state index is 4.02. The molecular weight excluding hydrogens is 118 g/mol. The summed E-state index contributed by atoms with van der Waals surface area (Å²) in [6.07, 6.45) is 3.81. The predicted octanol–water partition coefficient (Wildman–Crippen LogP) is 1.88. The highest BCUT2D eigenvalue weighted by atomic mass is 32.1. The van der Waals surface area contributed by atoms with Gasteiger partial charge in [0, 0.05) is 11.8 Å². The number of thiophene rings is 1. The maximum Gasteiger partial charge on any atom is 0.0776 e. The molecule has 1 aromatic heterocycles. The molecule has 0 aliphatic carbocycles. The number of fused-ring (bicyclic) bond motifs is 1. The van der Waals surface area contributed by atoms with E-state index in [0.717, 1.165) is 12.1 Å². The zero-order valence-electron chi connectivity index (χ0n) is 4.22. The lowest BCUT2D eigenvalue weighted by Gasteiger charge is -1.77. The third kappa shape index (κ3) is 0.434. The van der Waals surface area contributed by atoms with E-state index in [1.54, 1.807) is 11.3 Å². The lowest BCUT2D eigenvalue weighted by molar-refractivity contribution is 1.47. The minimum absolute atomic E-state index is 0.916.